The minimum Gasteiger partial charge on any atom is -0.383 e. The number of hydrogen-bond acceptors (Lipinski definition) is 5. The molecule has 0 amide bonds. The van der Waals surface area contributed by atoms with Crippen molar-refractivity contribution in [3.63, 3.8) is 0 Å². The Bertz CT molecular complexity index is 404. The molecule has 19 heavy (non-hydrogen) atoms. The van der Waals surface area contributed by atoms with Gasteiger partial charge in [-0.1, -0.05) is 25.2 Å². The average Bonchev–Trinajstić information content (AvgIpc) is 2.81. The number of rotatable bonds is 8. The fraction of sp³-hybridized carbons (Fsp3) is 0.714. The van der Waals surface area contributed by atoms with Gasteiger partial charge in [-0.3, -0.25) is 4.79 Å². The summed E-state index contributed by atoms with van der Waals surface area (Å²) in [5.74, 6) is 0.321. The minimum atomic E-state index is 0.321. The Morgan fingerprint density at radius 1 is 1.42 bits per heavy atom. The lowest BCUT2D eigenvalue weighted by Crippen LogP contribution is -2.33. The van der Waals surface area contributed by atoms with Gasteiger partial charge in [0, 0.05) is 19.7 Å². The lowest BCUT2D eigenvalue weighted by molar-refractivity contribution is 0.112. The van der Waals surface area contributed by atoms with Crippen LogP contribution in [0.3, 0.4) is 0 Å². The molecule has 0 aliphatic heterocycles. The number of anilines is 1. The molecule has 0 aromatic carbocycles. The average molecular weight is 284 g/mol. The van der Waals surface area contributed by atoms with Crippen LogP contribution in [0.4, 0.5) is 5.13 Å². The smallest absolute Gasteiger partial charge is 0.186 e. The van der Waals surface area contributed by atoms with Crippen molar-refractivity contribution in [2.45, 2.75) is 46.1 Å². The highest BCUT2D eigenvalue weighted by Gasteiger charge is 2.20. The van der Waals surface area contributed by atoms with E-state index in [9.17, 15) is 4.79 Å². The topological polar surface area (TPSA) is 42.4 Å². The van der Waals surface area contributed by atoms with Gasteiger partial charge in [0.15, 0.2) is 11.4 Å². The molecule has 0 bridgehead atoms. The molecule has 1 atom stereocenters. The van der Waals surface area contributed by atoms with E-state index in [2.05, 4.69) is 37.6 Å². The fourth-order valence-electron chi connectivity index (χ4n) is 1.85. The first-order valence-corrected chi connectivity index (χ1v) is 7.58. The zero-order valence-electron chi connectivity index (χ0n) is 12.5. The molecule has 1 aromatic heterocycles. The molecule has 0 N–H and O–H groups in total. The van der Waals surface area contributed by atoms with Crippen LogP contribution in [-0.2, 0) is 4.74 Å². The third-order valence-electron chi connectivity index (χ3n) is 3.26. The highest BCUT2D eigenvalue weighted by Crippen LogP contribution is 2.31. The van der Waals surface area contributed by atoms with E-state index < -0.39 is 0 Å². The molecule has 0 saturated carbocycles. The maximum atomic E-state index is 11.2. The second-order valence-electron chi connectivity index (χ2n) is 4.95. The summed E-state index contributed by atoms with van der Waals surface area (Å²) < 4.78 is 5.14. The third kappa shape index (κ3) is 4.01. The van der Waals surface area contributed by atoms with E-state index >= 15 is 0 Å². The summed E-state index contributed by atoms with van der Waals surface area (Å²) in [5.41, 5.74) is 0.931. The molecule has 5 heteroatoms. The number of ether oxygens (including phenoxy) is 1. The summed E-state index contributed by atoms with van der Waals surface area (Å²) in [6.07, 6.45) is 1.92. The number of thiazole rings is 1. The van der Waals surface area contributed by atoms with Crippen molar-refractivity contribution < 1.29 is 9.53 Å². The second-order valence-corrected chi connectivity index (χ2v) is 5.96. The third-order valence-corrected chi connectivity index (χ3v) is 4.29. The maximum absolute atomic E-state index is 11.2. The van der Waals surface area contributed by atoms with Crippen molar-refractivity contribution in [1.29, 1.82) is 0 Å². The van der Waals surface area contributed by atoms with Gasteiger partial charge in [-0.05, 0) is 26.2 Å². The lowest BCUT2D eigenvalue weighted by atomic mass is 10.0. The molecule has 0 aliphatic rings. The van der Waals surface area contributed by atoms with Crippen molar-refractivity contribution in [2.24, 2.45) is 0 Å². The van der Waals surface area contributed by atoms with Gasteiger partial charge in [0.05, 0.1) is 17.2 Å². The summed E-state index contributed by atoms with van der Waals surface area (Å²) in [7, 11) is 1.70. The first kappa shape index (κ1) is 16.1. The molecule has 0 spiro atoms. The monoisotopic (exact) mass is 284 g/mol. The van der Waals surface area contributed by atoms with Crippen molar-refractivity contribution >= 4 is 22.8 Å². The number of carbonyl (C=O) groups is 1. The van der Waals surface area contributed by atoms with Crippen molar-refractivity contribution in [1.82, 2.24) is 4.98 Å². The van der Waals surface area contributed by atoms with Crippen LogP contribution in [0.25, 0.3) is 0 Å². The number of aldehydes is 1. The van der Waals surface area contributed by atoms with Gasteiger partial charge in [-0.25, -0.2) is 4.98 Å². The van der Waals surface area contributed by atoms with Gasteiger partial charge in [0.2, 0.25) is 0 Å². The summed E-state index contributed by atoms with van der Waals surface area (Å²) in [4.78, 5) is 18.8. The predicted octanol–water partition coefficient (Wildman–Crippen LogP) is 3.33. The lowest BCUT2D eigenvalue weighted by Gasteiger charge is -2.25. The standard InChI is InChI=1S/C14H24N2O2S/c1-6-11(4)13-12(9-17)19-14(15-13)16(10(2)3)7-8-18-5/h9-11H,6-8H2,1-5H3. The zero-order valence-corrected chi connectivity index (χ0v) is 13.3. The van der Waals surface area contributed by atoms with Gasteiger partial charge >= 0.3 is 0 Å². The molecule has 1 aromatic rings. The van der Waals surface area contributed by atoms with E-state index in [-0.39, 0.29) is 0 Å². The Hall–Kier alpha value is -0.940. The highest BCUT2D eigenvalue weighted by atomic mass is 32.1. The SMILES string of the molecule is CCC(C)c1nc(N(CCOC)C(C)C)sc1C=O. The largest absolute Gasteiger partial charge is 0.383 e. The van der Waals surface area contributed by atoms with Crippen LogP contribution in [0.1, 0.15) is 55.4 Å². The molecule has 1 rings (SSSR count). The van der Waals surface area contributed by atoms with Crippen LogP contribution >= 0.6 is 11.3 Å². The van der Waals surface area contributed by atoms with Gasteiger partial charge in [-0.15, -0.1) is 0 Å². The molecule has 0 radical (unpaired) electrons. The number of hydrogen-bond donors (Lipinski definition) is 0. The molecule has 0 aliphatic carbocycles. The number of nitrogens with zero attached hydrogens (tertiary/aromatic N) is 2. The van der Waals surface area contributed by atoms with E-state index in [1.807, 2.05) is 0 Å². The Balaban J connectivity index is 3.03. The number of carbonyl (C=O) groups excluding carboxylic acids is 1. The van der Waals surface area contributed by atoms with E-state index in [1.165, 1.54) is 11.3 Å². The highest BCUT2D eigenvalue weighted by molar-refractivity contribution is 7.17. The molecule has 4 nitrogen and oxygen atoms in total. The van der Waals surface area contributed by atoms with E-state index in [1.54, 1.807) is 7.11 Å². The summed E-state index contributed by atoms with van der Waals surface area (Å²) in [6.45, 7) is 9.93. The molecule has 1 heterocycles. The predicted molar refractivity (Wildman–Crippen MR) is 80.6 cm³/mol. The molecule has 1 unspecified atom stereocenters. The molecular weight excluding hydrogens is 260 g/mol. The van der Waals surface area contributed by atoms with Crippen LogP contribution in [0, 0.1) is 0 Å². The summed E-state index contributed by atoms with van der Waals surface area (Å²) in [6, 6.07) is 0.339. The Morgan fingerprint density at radius 3 is 2.58 bits per heavy atom. The molecular formula is C14H24N2O2S. The first-order chi connectivity index (χ1) is 9.04. The minimum absolute atomic E-state index is 0.321. The Morgan fingerprint density at radius 2 is 2.11 bits per heavy atom. The van der Waals surface area contributed by atoms with Crippen molar-refractivity contribution in [2.75, 3.05) is 25.2 Å². The van der Waals surface area contributed by atoms with Crippen LogP contribution in [0.2, 0.25) is 0 Å². The summed E-state index contributed by atoms with van der Waals surface area (Å²) >= 11 is 1.48. The normalized spacial score (nSPS) is 12.7. The van der Waals surface area contributed by atoms with Crippen molar-refractivity contribution in [3.05, 3.63) is 10.6 Å². The van der Waals surface area contributed by atoms with Gasteiger partial charge in [0.1, 0.15) is 0 Å². The summed E-state index contributed by atoms with van der Waals surface area (Å²) in [5, 5.41) is 0.921. The van der Waals surface area contributed by atoms with E-state index in [0.29, 0.717) is 18.6 Å². The molecule has 0 fully saturated rings. The zero-order chi connectivity index (χ0) is 14.4. The first-order valence-electron chi connectivity index (χ1n) is 6.76. The fourth-order valence-corrected chi connectivity index (χ4v) is 3.01. The van der Waals surface area contributed by atoms with Crippen LogP contribution < -0.4 is 4.90 Å². The maximum Gasteiger partial charge on any atom is 0.186 e. The van der Waals surface area contributed by atoms with Crippen LogP contribution in [0.5, 0.6) is 0 Å². The van der Waals surface area contributed by atoms with Gasteiger partial charge in [0.25, 0.3) is 0 Å². The van der Waals surface area contributed by atoms with E-state index in [0.717, 1.165) is 35.0 Å². The second kappa shape index (κ2) is 7.60. The van der Waals surface area contributed by atoms with Crippen molar-refractivity contribution in [3.8, 4) is 0 Å². The Kier molecular flexibility index (Phi) is 6.45. The number of aromatic nitrogens is 1. The van der Waals surface area contributed by atoms with Gasteiger partial charge in [-0.2, -0.15) is 0 Å². The molecule has 108 valence electrons. The quantitative estimate of drug-likeness (QED) is 0.687. The van der Waals surface area contributed by atoms with E-state index in [4.69, 9.17) is 4.74 Å². The van der Waals surface area contributed by atoms with Crippen LogP contribution in [-0.4, -0.2) is 37.6 Å². The Labute approximate surface area is 119 Å². The van der Waals surface area contributed by atoms with Crippen LogP contribution in [0.15, 0.2) is 0 Å². The molecule has 0 saturated heterocycles. The van der Waals surface area contributed by atoms with Gasteiger partial charge < -0.3 is 9.64 Å². The number of methoxy groups -OCH3 is 1.